The van der Waals surface area contributed by atoms with Crippen molar-refractivity contribution in [1.82, 2.24) is 10.3 Å². The third-order valence-corrected chi connectivity index (χ3v) is 4.31. The molecule has 0 saturated heterocycles. The van der Waals surface area contributed by atoms with Gasteiger partial charge < -0.3 is 15.2 Å². The maximum absolute atomic E-state index is 12.2. The maximum Gasteiger partial charge on any atom is 0.303 e. The minimum absolute atomic E-state index is 0.106. The summed E-state index contributed by atoms with van der Waals surface area (Å²) in [5.41, 5.74) is 3.34. The van der Waals surface area contributed by atoms with E-state index < -0.39 is 5.97 Å². The SMILES string of the molecule is O=C(O)CCc1ccc(OCCNC(=O)c2ccc(-c3ccccn3)cc2)cc1. The van der Waals surface area contributed by atoms with Crippen molar-refractivity contribution >= 4 is 11.9 Å². The fourth-order valence-corrected chi connectivity index (χ4v) is 2.77. The Hall–Kier alpha value is -3.67. The number of hydrogen-bond acceptors (Lipinski definition) is 4. The molecule has 0 spiro atoms. The third-order valence-electron chi connectivity index (χ3n) is 4.31. The van der Waals surface area contributed by atoms with Crippen molar-refractivity contribution in [2.45, 2.75) is 12.8 Å². The van der Waals surface area contributed by atoms with Gasteiger partial charge in [-0.15, -0.1) is 0 Å². The maximum atomic E-state index is 12.2. The number of nitrogens with zero attached hydrogens (tertiary/aromatic N) is 1. The lowest BCUT2D eigenvalue weighted by Gasteiger charge is -2.09. The molecular weight excluding hydrogens is 368 g/mol. The number of carboxylic acids is 1. The van der Waals surface area contributed by atoms with Crippen molar-refractivity contribution in [3.8, 4) is 17.0 Å². The highest BCUT2D eigenvalue weighted by atomic mass is 16.5. The van der Waals surface area contributed by atoms with E-state index in [4.69, 9.17) is 9.84 Å². The number of carboxylic acid groups (broad SMARTS) is 1. The zero-order valence-electron chi connectivity index (χ0n) is 15.9. The molecule has 0 radical (unpaired) electrons. The van der Waals surface area contributed by atoms with Crippen LogP contribution in [-0.4, -0.2) is 35.1 Å². The van der Waals surface area contributed by atoms with Crippen LogP contribution < -0.4 is 10.1 Å². The Morgan fingerprint density at radius 2 is 1.72 bits per heavy atom. The second kappa shape index (κ2) is 10.0. The number of pyridine rings is 1. The van der Waals surface area contributed by atoms with Crippen molar-refractivity contribution in [2.24, 2.45) is 0 Å². The quantitative estimate of drug-likeness (QED) is 0.545. The molecule has 0 bridgehead atoms. The Balaban J connectivity index is 1.42. The minimum atomic E-state index is -0.813. The second-order valence-electron chi connectivity index (χ2n) is 6.43. The predicted octanol–water partition coefficient (Wildman–Crippen LogP) is 3.57. The summed E-state index contributed by atoms with van der Waals surface area (Å²) in [4.78, 5) is 27.1. The van der Waals surface area contributed by atoms with Crippen LogP contribution in [0.1, 0.15) is 22.3 Å². The zero-order valence-corrected chi connectivity index (χ0v) is 15.9. The van der Waals surface area contributed by atoms with Crippen LogP contribution in [0.15, 0.2) is 72.9 Å². The van der Waals surface area contributed by atoms with Crippen LogP contribution in [0.3, 0.4) is 0 Å². The van der Waals surface area contributed by atoms with Gasteiger partial charge in [-0.05, 0) is 48.4 Å². The standard InChI is InChI=1S/C23H22N2O4/c26-22(27)13-6-17-4-11-20(12-5-17)29-16-15-25-23(28)19-9-7-18(8-10-19)21-3-1-2-14-24-21/h1-5,7-12,14H,6,13,15-16H2,(H,25,28)(H,26,27). The van der Waals surface area contributed by atoms with Gasteiger partial charge in [-0.2, -0.15) is 0 Å². The Kier molecular flexibility index (Phi) is 6.95. The van der Waals surface area contributed by atoms with E-state index in [9.17, 15) is 9.59 Å². The molecule has 1 heterocycles. The number of carbonyl (C=O) groups excluding carboxylic acids is 1. The molecule has 0 saturated carbocycles. The monoisotopic (exact) mass is 390 g/mol. The lowest BCUT2D eigenvalue weighted by molar-refractivity contribution is -0.136. The van der Waals surface area contributed by atoms with Gasteiger partial charge in [0.05, 0.1) is 12.2 Å². The Labute approximate surface area is 169 Å². The van der Waals surface area contributed by atoms with Crippen molar-refractivity contribution in [3.05, 3.63) is 84.1 Å². The van der Waals surface area contributed by atoms with E-state index in [1.54, 1.807) is 30.5 Å². The Bertz CT molecular complexity index is 939. The summed E-state index contributed by atoms with van der Waals surface area (Å²) in [6.45, 7) is 0.716. The van der Waals surface area contributed by atoms with Crippen molar-refractivity contribution < 1.29 is 19.4 Å². The summed E-state index contributed by atoms with van der Waals surface area (Å²) in [6, 6.07) is 20.3. The number of hydrogen-bond donors (Lipinski definition) is 2. The topological polar surface area (TPSA) is 88.5 Å². The predicted molar refractivity (Wildman–Crippen MR) is 110 cm³/mol. The van der Waals surface area contributed by atoms with Gasteiger partial charge in [0.1, 0.15) is 12.4 Å². The fourth-order valence-electron chi connectivity index (χ4n) is 2.77. The van der Waals surface area contributed by atoms with Crippen LogP contribution in [0.4, 0.5) is 0 Å². The molecule has 0 fully saturated rings. The minimum Gasteiger partial charge on any atom is -0.492 e. The van der Waals surface area contributed by atoms with Crippen molar-refractivity contribution in [3.63, 3.8) is 0 Å². The first kappa shape index (κ1) is 20.1. The van der Waals surface area contributed by atoms with Crippen LogP contribution in [0.25, 0.3) is 11.3 Å². The highest BCUT2D eigenvalue weighted by Crippen LogP contribution is 2.17. The summed E-state index contributed by atoms with van der Waals surface area (Å²) in [5, 5.41) is 11.5. The molecule has 0 aliphatic heterocycles. The molecule has 29 heavy (non-hydrogen) atoms. The molecule has 6 nitrogen and oxygen atoms in total. The van der Waals surface area contributed by atoms with Gasteiger partial charge in [-0.25, -0.2) is 0 Å². The molecule has 2 aromatic carbocycles. The molecule has 0 atom stereocenters. The molecule has 6 heteroatoms. The van der Waals surface area contributed by atoms with Gasteiger partial charge in [-0.3, -0.25) is 14.6 Å². The molecule has 1 amide bonds. The first-order chi connectivity index (χ1) is 14.1. The van der Waals surface area contributed by atoms with Gasteiger partial charge in [0.15, 0.2) is 0 Å². The Morgan fingerprint density at radius 1 is 0.966 bits per heavy atom. The number of aryl methyl sites for hydroxylation is 1. The van der Waals surface area contributed by atoms with Gasteiger partial charge in [0, 0.05) is 23.7 Å². The summed E-state index contributed by atoms with van der Waals surface area (Å²) in [6.07, 6.45) is 2.33. The van der Waals surface area contributed by atoms with Gasteiger partial charge in [0.25, 0.3) is 5.91 Å². The van der Waals surface area contributed by atoms with Gasteiger partial charge in [0.2, 0.25) is 0 Å². The molecule has 3 aromatic rings. The molecule has 1 aromatic heterocycles. The summed E-state index contributed by atoms with van der Waals surface area (Å²) < 4.78 is 5.61. The summed E-state index contributed by atoms with van der Waals surface area (Å²) in [7, 11) is 0. The van der Waals surface area contributed by atoms with Gasteiger partial charge >= 0.3 is 5.97 Å². The molecule has 2 N–H and O–H groups in total. The fraction of sp³-hybridized carbons (Fsp3) is 0.174. The number of benzene rings is 2. The average molecular weight is 390 g/mol. The molecule has 3 rings (SSSR count). The highest BCUT2D eigenvalue weighted by Gasteiger charge is 2.06. The van der Waals surface area contributed by atoms with Gasteiger partial charge in [-0.1, -0.05) is 30.3 Å². The van der Waals surface area contributed by atoms with E-state index in [-0.39, 0.29) is 12.3 Å². The average Bonchev–Trinajstić information content (AvgIpc) is 2.76. The molecule has 148 valence electrons. The lowest BCUT2D eigenvalue weighted by atomic mass is 10.1. The van der Waals surface area contributed by atoms with Crippen LogP contribution in [0, 0.1) is 0 Å². The lowest BCUT2D eigenvalue weighted by Crippen LogP contribution is -2.28. The van der Waals surface area contributed by atoms with Crippen LogP contribution in [-0.2, 0) is 11.2 Å². The highest BCUT2D eigenvalue weighted by molar-refractivity contribution is 5.94. The van der Waals surface area contributed by atoms with E-state index in [1.165, 1.54) is 0 Å². The van der Waals surface area contributed by atoms with Crippen molar-refractivity contribution in [1.29, 1.82) is 0 Å². The number of rotatable bonds is 9. The zero-order chi connectivity index (χ0) is 20.5. The second-order valence-corrected chi connectivity index (χ2v) is 6.43. The molecule has 0 aliphatic carbocycles. The normalized spacial score (nSPS) is 10.3. The van der Waals surface area contributed by atoms with Crippen LogP contribution in [0.2, 0.25) is 0 Å². The summed E-state index contributed by atoms with van der Waals surface area (Å²) >= 11 is 0. The number of nitrogens with one attached hydrogen (secondary N) is 1. The van der Waals surface area contributed by atoms with Crippen LogP contribution in [0.5, 0.6) is 5.75 Å². The Morgan fingerprint density at radius 3 is 2.38 bits per heavy atom. The number of aromatic nitrogens is 1. The van der Waals surface area contributed by atoms with Crippen LogP contribution >= 0.6 is 0 Å². The molecular formula is C23H22N2O4. The largest absolute Gasteiger partial charge is 0.492 e. The van der Waals surface area contributed by atoms with E-state index in [1.807, 2.05) is 42.5 Å². The van der Waals surface area contributed by atoms with E-state index in [0.29, 0.717) is 30.9 Å². The first-order valence-electron chi connectivity index (χ1n) is 9.35. The molecule has 0 unspecified atom stereocenters. The van der Waals surface area contributed by atoms with Crippen molar-refractivity contribution in [2.75, 3.05) is 13.2 Å². The number of carbonyl (C=O) groups is 2. The van der Waals surface area contributed by atoms with E-state index >= 15 is 0 Å². The van der Waals surface area contributed by atoms with E-state index in [2.05, 4.69) is 10.3 Å². The van der Waals surface area contributed by atoms with E-state index in [0.717, 1.165) is 16.8 Å². The number of ether oxygens (including phenoxy) is 1. The summed E-state index contributed by atoms with van der Waals surface area (Å²) in [5.74, 6) is -0.296. The third kappa shape index (κ3) is 6.17. The number of amides is 1. The number of aliphatic carboxylic acids is 1. The first-order valence-corrected chi connectivity index (χ1v) is 9.35. The molecule has 0 aliphatic rings. The smallest absolute Gasteiger partial charge is 0.303 e.